The van der Waals surface area contributed by atoms with Crippen LogP contribution in [0.4, 0.5) is 0 Å². The average Bonchev–Trinajstić information content (AvgIpc) is 2.84. The van der Waals surface area contributed by atoms with Crippen molar-refractivity contribution in [2.45, 2.75) is 6.92 Å². The lowest BCUT2D eigenvalue weighted by Gasteiger charge is -1.97. The normalized spacial score (nSPS) is 11.1. The number of aromatic amines is 1. The van der Waals surface area contributed by atoms with Crippen LogP contribution in [0.2, 0.25) is 0 Å². The van der Waals surface area contributed by atoms with E-state index in [1.807, 2.05) is 30.7 Å². The van der Waals surface area contributed by atoms with Crippen molar-refractivity contribution in [3.8, 4) is 11.5 Å². The van der Waals surface area contributed by atoms with E-state index in [0.717, 1.165) is 22.9 Å². The maximum absolute atomic E-state index is 4.16. The molecule has 1 N–H and O–H groups in total. The number of hydrogen-bond donors (Lipinski definition) is 1. The maximum atomic E-state index is 4.16. The molecule has 4 nitrogen and oxygen atoms in total. The molecule has 0 bridgehead atoms. The van der Waals surface area contributed by atoms with Crippen LogP contribution < -0.4 is 0 Å². The van der Waals surface area contributed by atoms with Crippen molar-refractivity contribution in [3.63, 3.8) is 0 Å². The van der Waals surface area contributed by atoms with E-state index in [4.69, 9.17) is 0 Å². The van der Waals surface area contributed by atoms with Crippen LogP contribution in [-0.4, -0.2) is 19.7 Å². The van der Waals surface area contributed by atoms with E-state index >= 15 is 0 Å². The molecule has 3 rings (SSSR count). The summed E-state index contributed by atoms with van der Waals surface area (Å²) in [6.07, 6.45) is 0. The minimum Gasteiger partial charge on any atom is -0.352 e. The number of aromatic nitrogens is 4. The van der Waals surface area contributed by atoms with Gasteiger partial charge in [-0.25, -0.2) is 0 Å². The number of aryl methyl sites for hydroxylation is 1. The standard InChI is InChI=1S/C12H12N4/c1-8-14-15-12(16(8)2)11-7-9-5-3-4-6-10(9)13-11/h3-7,13H,1-2H3. The van der Waals surface area contributed by atoms with Gasteiger partial charge in [0.1, 0.15) is 5.82 Å². The third-order valence-electron chi connectivity index (χ3n) is 2.86. The van der Waals surface area contributed by atoms with Gasteiger partial charge in [-0.15, -0.1) is 10.2 Å². The van der Waals surface area contributed by atoms with Gasteiger partial charge in [-0.1, -0.05) is 18.2 Å². The number of para-hydroxylation sites is 1. The predicted octanol–water partition coefficient (Wildman–Crippen LogP) is 2.27. The Bertz CT molecular complexity index is 615. The molecule has 0 aliphatic carbocycles. The number of hydrogen-bond acceptors (Lipinski definition) is 2. The largest absolute Gasteiger partial charge is 0.352 e. The summed E-state index contributed by atoms with van der Waals surface area (Å²) < 4.78 is 1.98. The molecule has 3 aromatic rings. The van der Waals surface area contributed by atoms with E-state index < -0.39 is 0 Å². The second-order valence-electron chi connectivity index (χ2n) is 3.90. The van der Waals surface area contributed by atoms with E-state index in [-0.39, 0.29) is 0 Å². The first kappa shape index (κ1) is 9.15. The van der Waals surface area contributed by atoms with Crippen LogP contribution in [0.5, 0.6) is 0 Å². The fourth-order valence-electron chi connectivity index (χ4n) is 1.84. The summed E-state index contributed by atoms with van der Waals surface area (Å²) in [4.78, 5) is 3.34. The Morgan fingerprint density at radius 3 is 2.69 bits per heavy atom. The van der Waals surface area contributed by atoms with E-state index in [9.17, 15) is 0 Å². The summed E-state index contributed by atoms with van der Waals surface area (Å²) >= 11 is 0. The lowest BCUT2D eigenvalue weighted by Crippen LogP contribution is -1.94. The SMILES string of the molecule is Cc1nnc(-c2cc3ccccc3[nH]2)n1C. The fraction of sp³-hybridized carbons (Fsp3) is 0.167. The van der Waals surface area contributed by atoms with Crippen LogP contribution in [0.3, 0.4) is 0 Å². The Kier molecular flexibility index (Phi) is 1.83. The first-order valence-corrected chi connectivity index (χ1v) is 5.20. The van der Waals surface area contributed by atoms with Gasteiger partial charge in [-0.3, -0.25) is 0 Å². The molecule has 0 aliphatic rings. The van der Waals surface area contributed by atoms with Crippen LogP contribution >= 0.6 is 0 Å². The molecule has 2 heterocycles. The lowest BCUT2D eigenvalue weighted by molar-refractivity contribution is 0.863. The molecule has 0 spiro atoms. The highest BCUT2D eigenvalue weighted by Crippen LogP contribution is 2.22. The molecule has 16 heavy (non-hydrogen) atoms. The zero-order chi connectivity index (χ0) is 11.1. The number of fused-ring (bicyclic) bond motifs is 1. The molecule has 0 unspecified atom stereocenters. The summed E-state index contributed by atoms with van der Waals surface area (Å²) in [6, 6.07) is 10.3. The van der Waals surface area contributed by atoms with Gasteiger partial charge in [-0.05, 0) is 19.1 Å². The highest BCUT2D eigenvalue weighted by Gasteiger charge is 2.09. The molecular weight excluding hydrogens is 200 g/mol. The average molecular weight is 212 g/mol. The van der Waals surface area contributed by atoms with Gasteiger partial charge in [0, 0.05) is 18.0 Å². The molecule has 1 aromatic carbocycles. The molecule has 0 saturated heterocycles. The zero-order valence-corrected chi connectivity index (χ0v) is 9.23. The monoisotopic (exact) mass is 212 g/mol. The third-order valence-corrected chi connectivity index (χ3v) is 2.86. The second kappa shape index (κ2) is 3.20. The van der Waals surface area contributed by atoms with E-state index in [1.165, 1.54) is 5.39 Å². The molecule has 2 aromatic heterocycles. The topological polar surface area (TPSA) is 46.5 Å². The molecule has 0 aliphatic heterocycles. The molecule has 0 fully saturated rings. The molecule has 0 radical (unpaired) electrons. The van der Waals surface area contributed by atoms with Crippen LogP contribution in [0, 0.1) is 6.92 Å². The molecule has 0 amide bonds. The maximum Gasteiger partial charge on any atom is 0.180 e. The molecule has 0 atom stereocenters. The Morgan fingerprint density at radius 2 is 2.00 bits per heavy atom. The fourth-order valence-corrected chi connectivity index (χ4v) is 1.84. The molecule has 0 saturated carbocycles. The summed E-state index contributed by atoms with van der Waals surface area (Å²) in [7, 11) is 1.97. The van der Waals surface area contributed by atoms with Crippen molar-refractivity contribution < 1.29 is 0 Å². The van der Waals surface area contributed by atoms with Crippen LogP contribution in [-0.2, 0) is 7.05 Å². The summed E-state index contributed by atoms with van der Waals surface area (Å²) in [6.45, 7) is 1.94. The van der Waals surface area contributed by atoms with Crippen molar-refractivity contribution in [3.05, 3.63) is 36.2 Å². The Morgan fingerprint density at radius 1 is 1.19 bits per heavy atom. The first-order chi connectivity index (χ1) is 7.75. The number of rotatable bonds is 1. The number of nitrogens with zero attached hydrogens (tertiary/aromatic N) is 3. The van der Waals surface area contributed by atoms with Gasteiger partial charge in [0.25, 0.3) is 0 Å². The molecular formula is C12H12N4. The lowest BCUT2D eigenvalue weighted by atomic mass is 10.2. The number of benzene rings is 1. The Balaban J connectivity index is 2.23. The van der Waals surface area contributed by atoms with E-state index in [2.05, 4.69) is 33.4 Å². The van der Waals surface area contributed by atoms with Crippen molar-refractivity contribution >= 4 is 10.9 Å². The molecule has 4 heteroatoms. The summed E-state index contributed by atoms with van der Waals surface area (Å²) in [5.41, 5.74) is 2.13. The van der Waals surface area contributed by atoms with Gasteiger partial charge in [0.2, 0.25) is 0 Å². The third kappa shape index (κ3) is 1.23. The number of nitrogens with one attached hydrogen (secondary N) is 1. The van der Waals surface area contributed by atoms with Crippen LogP contribution in [0.1, 0.15) is 5.82 Å². The first-order valence-electron chi connectivity index (χ1n) is 5.20. The number of H-pyrrole nitrogens is 1. The quantitative estimate of drug-likeness (QED) is 0.672. The van der Waals surface area contributed by atoms with Gasteiger partial charge in [-0.2, -0.15) is 0 Å². The highest BCUT2D eigenvalue weighted by molar-refractivity contribution is 5.84. The van der Waals surface area contributed by atoms with Crippen molar-refractivity contribution in [1.82, 2.24) is 19.7 Å². The zero-order valence-electron chi connectivity index (χ0n) is 9.23. The second-order valence-corrected chi connectivity index (χ2v) is 3.90. The predicted molar refractivity (Wildman–Crippen MR) is 63.0 cm³/mol. The van der Waals surface area contributed by atoms with Crippen molar-refractivity contribution in [1.29, 1.82) is 0 Å². The Hall–Kier alpha value is -2.10. The summed E-state index contributed by atoms with van der Waals surface area (Å²) in [5.74, 6) is 1.78. The van der Waals surface area contributed by atoms with Crippen LogP contribution in [0.25, 0.3) is 22.4 Å². The van der Waals surface area contributed by atoms with Crippen LogP contribution in [0.15, 0.2) is 30.3 Å². The minimum atomic E-state index is 0.869. The highest BCUT2D eigenvalue weighted by atomic mass is 15.3. The molecule has 80 valence electrons. The van der Waals surface area contributed by atoms with Gasteiger partial charge >= 0.3 is 0 Å². The van der Waals surface area contributed by atoms with Crippen molar-refractivity contribution in [2.75, 3.05) is 0 Å². The minimum absolute atomic E-state index is 0.869. The van der Waals surface area contributed by atoms with Crippen molar-refractivity contribution in [2.24, 2.45) is 7.05 Å². The summed E-state index contributed by atoms with van der Waals surface area (Å²) in [5, 5.41) is 9.41. The van der Waals surface area contributed by atoms with E-state index in [0.29, 0.717) is 0 Å². The van der Waals surface area contributed by atoms with E-state index in [1.54, 1.807) is 0 Å². The van der Waals surface area contributed by atoms with Gasteiger partial charge in [0.15, 0.2) is 5.82 Å². The smallest absolute Gasteiger partial charge is 0.180 e. The van der Waals surface area contributed by atoms with Gasteiger partial charge < -0.3 is 9.55 Å². The van der Waals surface area contributed by atoms with Gasteiger partial charge in [0.05, 0.1) is 5.69 Å². The Labute approximate surface area is 92.9 Å².